The van der Waals surface area contributed by atoms with E-state index in [1.807, 2.05) is 0 Å². The molecule has 0 unspecified atom stereocenters. The fourth-order valence-electron chi connectivity index (χ4n) is 2.24. The molecule has 1 heteroatoms. The second-order valence-corrected chi connectivity index (χ2v) is 5.38. The van der Waals surface area contributed by atoms with Crippen molar-refractivity contribution in [2.75, 3.05) is 13.1 Å². The van der Waals surface area contributed by atoms with E-state index >= 15 is 0 Å². The van der Waals surface area contributed by atoms with Crippen molar-refractivity contribution in [2.45, 2.75) is 58.4 Å². The molecule has 0 aliphatic carbocycles. The van der Waals surface area contributed by atoms with Crippen LogP contribution in [-0.4, -0.2) is 23.5 Å². The largest absolute Gasteiger partial charge is 0.291 e. The third-order valence-electron chi connectivity index (χ3n) is 3.53. The molecule has 0 aromatic heterocycles. The van der Waals surface area contributed by atoms with Crippen molar-refractivity contribution < 1.29 is 0 Å². The van der Waals surface area contributed by atoms with Gasteiger partial charge in [-0.15, -0.1) is 0 Å². The zero-order valence-corrected chi connectivity index (χ0v) is 11.2. The lowest BCUT2D eigenvalue weighted by Crippen LogP contribution is -2.43. The van der Waals surface area contributed by atoms with E-state index in [2.05, 4.69) is 50.0 Å². The molecular weight excluding hydrogens is 194 g/mol. The van der Waals surface area contributed by atoms with Gasteiger partial charge in [-0.25, -0.2) is 0 Å². The molecule has 1 nitrogen and oxygen atoms in total. The van der Waals surface area contributed by atoms with Gasteiger partial charge in [-0.1, -0.05) is 56.9 Å². The first kappa shape index (κ1) is 13.5. The summed E-state index contributed by atoms with van der Waals surface area (Å²) in [4.78, 5) is 2.57. The molecule has 0 fully saturated rings. The number of allylic oxidation sites excluding steroid dienone is 2. The van der Waals surface area contributed by atoms with Gasteiger partial charge in [0.2, 0.25) is 0 Å². The van der Waals surface area contributed by atoms with Crippen LogP contribution in [-0.2, 0) is 0 Å². The Balaban J connectivity index is 2.36. The lowest BCUT2D eigenvalue weighted by molar-refractivity contribution is 0.139. The Morgan fingerprint density at radius 1 is 1.00 bits per heavy atom. The molecule has 0 bridgehead atoms. The predicted octanol–water partition coefficient (Wildman–Crippen LogP) is 4.16. The lowest BCUT2D eigenvalue weighted by atomic mass is 9.94. The molecule has 0 saturated heterocycles. The summed E-state index contributed by atoms with van der Waals surface area (Å²) >= 11 is 0. The van der Waals surface area contributed by atoms with Gasteiger partial charge >= 0.3 is 0 Å². The van der Waals surface area contributed by atoms with E-state index < -0.39 is 0 Å². The normalized spacial score (nSPS) is 17.7. The highest BCUT2D eigenvalue weighted by molar-refractivity contribution is 5.08. The monoisotopic (exact) mass is 221 g/mol. The van der Waals surface area contributed by atoms with Gasteiger partial charge < -0.3 is 0 Å². The summed E-state index contributed by atoms with van der Waals surface area (Å²) in [5.74, 6) is 0. The molecule has 0 saturated carbocycles. The Hall–Kier alpha value is -0.560. The second kappa shape index (κ2) is 6.90. The summed E-state index contributed by atoms with van der Waals surface area (Å²) in [5, 5.41) is 0. The minimum atomic E-state index is 0.340. The smallest absolute Gasteiger partial charge is 0.0174 e. The van der Waals surface area contributed by atoms with Crippen molar-refractivity contribution in [1.82, 2.24) is 4.90 Å². The molecule has 1 heterocycles. The number of unbranched alkanes of at least 4 members (excludes halogenated alkanes) is 3. The minimum absolute atomic E-state index is 0.340. The molecule has 1 aliphatic heterocycles. The molecule has 0 atom stereocenters. The van der Waals surface area contributed by atoms with E-state index in [1.54, 1.807) is 0 Å². The van der Waals surface area contributed by atoms with E-state index in [1.165, 1.54) is 32.1 Å². The zero-order valence-electron chi connectivity index (χ0n) is 11.2. The number of hydrogen-bond acceptors (Lipinski definition) is 1. The topological polar surface area (TPSA) is 3.24 Å². The number of hydrogen-bond donors (Lipinski definition) is 0. The van der Waals surface area contributed by atoms with Crippen LogP contribution in [0.3, 0.4) is 0 Å². The Labute approximate surface area is 101 Å². The fraction of sp³-hybridized carbons (Fsp3) is 0.733. The van der Waals surface area contributed by atoms with Crippen LogP contribution >= 0.6 is 0 Å². The quantitative estimate of drug-likeness (QED) is 0.609. The summed E-state index contributed by atoms with van der Waals surface area (Å²) in [6, 6.07) is 0. The predicted molar refractivity (Wildman–Crippen MR) is 72.7 cm³/mol. The van der Waals surface area contributed by atoms with Crippen LogP contribution in [0, 0.1) is 0 Å². The Morgan fingerprint density at radius 3 is 2.19 bits per heavy atom. The van der Waals surface area contributed by atoms with Gasteiger partial charge in [0.05, 0.1) is 0 Å². The van der Waals surface area contributed by atoms with Crippen LogP contribution in [0.5, 0.6) is 0 Å². The van der Waals surface area contributed by atoms with Gasteiger partial charge in [0, 0.05) is 18.6 Å². The van der Waals surface area contributed by atoms with Crippen LogP contribution in [0.2, 0.25) is 0 Å². The summed E-state index contributed by atoms with van der Waals surface area (Å²) in [6.07, 6.45) is 15.6. The van der Waals surface area contributed by atoms with E-state index in [0.717, 1.165) is 13.1 Å². The molecule has 16 heavy (non-hydrogen) atoms. The molecule has 1 rings (SSSR count). The second-order valence-electron chi connectivity index (χ2n) is 5.38. The average molecular weight is 221 g/mol. The first-order valence-electron chi connectivity index (χ1n) is 6.73. The fourth-order valence-corrected chi connectivity index (χ4v) is 2.24. The first-order chi connectivity index (χ1) is 7.67. The van der Waals surface area contributed by atoms with Crippen molar-refractivity contribution in [3.63, 3.8) is 0 Å². The van der Waals surface area contributed by atoms with Crippen molar-refractivity contribution in [2.24, 2.45) is 0 Å². The maximum absolute atomic E-state index is 2.57. The third-order valence-corrected chi connectivity index (χ3v) is 3.53. The van der Waals surface area contributed by atoms with Gasteiger partial charge in [0.25, 0.3) is 0 Å². The van der Waals surface area contributed by atoms with Gasteiger partial charge in [0.15, 0.2) is 0 Å². The van der Waals surface area contributed by atoms with E-state index in [-0.39, 0.29) is 0 Å². The standard InChI is InChI=1S/C15H27N/c1-4-5-6-9-12-15(2,3)16-13-10-7-8-11-14-16/h7-8,10-11H,4-6,9,12-14H2,1-3H3. The molecule has 0 spiro atoms. The maximum Gasteiger partial charge on any atom is 0.0174 e. The lowest BCUT2D eigenvalue weighted by Gasteiger charge is -2.37. The van der Waals surface area contributed by atoms with E-state index in [9.17, 15) is 0 Å². The van der Waals surface area contributed by atoms with E-state index in [4.69, 9.17) is 0 Å². The molecule has 92 valence electrons. The van der Waals surface area contributed by atoms with Crippen molar-refractivity contribution >= 4 is 0 Å². The van der Waals surface area contributed by atoms with Crippen molar-refractivity contribution in [1.29, 1.82) is 0 Å². The molecular formula is C15H27N. The highest BCUT2D eigenvalue weighted by Gasteiger charge is 2.24. The van der Waals surface area contributed by atoms with Gasteiger partial charge in [-0.05, 0) is 20.3 Å². The average Bonchev–Trinajstić information content (AvgIpc) is 2.53. The summed E-state index contributed by atoms with van der Waals surface area (Å²) < 4.78 is 0. The maximum atomic E-state index is 2.57. The van der Waals surface area contributed by atoms with Gasteiger partial charge in [-0.3, -0.25) is 4.90 Å². The highest BCUT2D eigenvalue weighted by Crippen LogP contribution is 2.23. The van der Waals surface area contributed by atoms with Crippen LogP contribution in [0.25, 0.3) is 0 Å². The van der Waals surface area contributed by atoms with Crippen LogP contribution < -0.4 is 0 Å². The number of nitrogens with zero attached hydrogens (tertiary/aromatic N) is 1. The van der Waals surface area contributed by atoms with Gasteiger partial charge in [-0.2, -0.15) is 0 Å². The van der Waals surface area contributed by atoms with Crippen LogP contribution in [0.15, 0.2) is 24.3 Å². The molecule has 1 aliphatic rings. The SMILES string of the molecule is CCCCCCC(C)(C)N1CC=CC=CC1. The van der Waals surface area contributed by atoms with Crippen LogP contribution in [0.4, 0.5) is 0 Å². The Morgan fingerprint density at radius 2 is 1.62 bits per heavy atom. The molecule has 0 aromatic rings. The summed E-state index contributed by atoms with van der Waals surface area (Å²) in [7, 11) is 0. The summed E-state index contributed by atoms with van der Waals surface area (Å²) in [6.45, 7) is 9.22. The Bertz CT molecular complexity index is 224. The molecule has 0 aromatic carbocycles. The van der Waals surface area contributed by atoms with Crippen LogP contribution in [0.1, 0.15) is 52.9 Å². The first-order valence-corrected chi connectivity index (χ1v) is 6.73. The van der Waals surface area contributed by atoms with Crippen molar-refractivity contribution in [3.05, 3.63) is 24.3 Å². The van der Waals surface area contributed by atoms with Gasteiger partial charge in [0.1, 0.15) is 0 Å². The molecule has 0 radical (unpaired) electrons. The minimum Gasteiger partial charge on any atom is -0.291 e. The highest BCUT2D eigenvalue weighted by atomic mass is 15.2. The molecule has 0 N–H and O–H groups in total. The zero-order chi connectivity index (χ0) is 11.9. The molecule has 0 amide bonds. The third kappa shape index (κ3) is 4.52. The van der Waals surface area contributed by atoms with Crippen molar-refractivity contribution in [3.8, 4) is 0 Å². The summed E-state index contributed by atoms with van der Waals surface area (Å²) in [5.41, 5.74) is 0.340. The van der Waals surface area contributed by atoms with E-state index in [0.29, 0.717) is 5.54 Å². The number of rotatable bonds is 6. The Kier molecular flexibility index (Phi) is 5.83.